The van der Waals surface area contributed by atoms with Crippen molar-refractivity contribution in [3.8, 4) is 5.06 Å². The highest BCUT2D eigenvalue weighted by molar-refractivity contribution is 7.12. The summed E-state index contributed by atoms with van der Waals surface area (Å²) in [7, 11) is 0. The van der Waals surface area contributed by atoms with Crippen LogP contribution in [0.4, 0.5) is 26.3 Å². The average Bonchev–Trinajstić information content (AvgIpc) is 3.18. The van der Waals surface area contributed by atoms with E-state index in [0.29, 0.717) is 17.4 Å². The summed E-state index contributed by atoms with van der Waals surface area (Å²) >= 11 is 0.325. The van der Waals surface area contributed by atoms with Gasteiger partial charge in [-0.15, -0.1) is 11.3 Å². The third kappa shape index (κ3) is 4.13. The van der Waals surface area contributed by atoms with Gasteiger partial charge >= 0.3 is 18.3 Å². The number of aliphatic carboxylic acids is 1. The van der Waals surface area contributed by atoms with Crippen LogP contribution in [0.3, 0.4) is 0 Å². The molecular weight excluding hydrogens is 456 g/mol. The molecule has 0 fully saturated rings. The van der Waals surface area contributed by atoms with Crippen molar-refractivity contribution in [2.24, 2.45) is 0 Å². The fourth-order valence-electron chi connectivity index (χ4n) is 3.29. The highest BCUT2D eigenvalue weighted by atomic mass is 32.1. The Hall–Kier alpha value is -2.96. The van der Waals surface area contributed by atoms with Gasteiger partial charge in [-0.25, -0.2) is 4.39 Å². The van der Waals surface area contributed by atoms with E-state index in [9.17, 15) is 41.0 Å². The summed E-state index contributed by atoms with van der Waals surface area (Å²) in [5.74, 6) is -3.80. The Morgan fingerprint density at radius 1 is 1.29 bits per heavy atom. The lowest BCUT2D eigenvalue weighted by atomic mass is 9.92. The molecule has 168 valence electrons. The van der Waals surface area contributed by atoms with Crippen molar-refractivity contribution in [3.63, 3.8) is 0 Å². The van der Waals surface area contributed by atoms with Crippen LogP contribution in [0.25, 0.3) is 0 Å². The van der Waals surface area contributed by atoms with Crippen LogP contribution in [0.5, 0.6) is 5.06 Å². The number of nitrogens with zero attached hydrogens (tertiary/aromatic N) is 1. The van der Waals surface area contributed by atoms with Gasteiger partial charge in [-0.3, -0.25) is 9.59 Å². The smallest absolute Gasteiger partial charge is 0.499 e. The fraction of sp³-hybridized carbons (Fsp3) is 0.333. The maximum Gasteiger partial charge on any atom is 0.499 e. The van der Waals surface area contributed by atoms with Gasteiger partial charge in [-0.2, -0.15) is 22.0 Å². The van der Waals surface area contributed by atoms with Crippen LogP contribution < -0.4 is 4.74 Å². The van der Waals surface area contributed by atoms with Crippen molar-refractivity contribution in [2.75, 3.05) is 0 Å². The second-order valence-electron chi connectivity index (χ2n) is 6.69. The van der Waals surface area contributed by atoms with Crippen LogP contribution in [-0.2, 0) is 4.79 Å². The van der Waals surface area contributed by atoms with Crippen LogP contribution in [-0.4, -0.2) is 45.3 Å². The van der Waals surface area contributed by atoms with E-state index in [1.54, 1.807) is 0 Å². The molecule has 2 N–H and O–H groups in total. The van der Waals surface area contributed by atoms with Gasteiger partial charge in [-0.05, 0) is 24.1 Å². The van der Waals surface area contributed by atoms with Crippen LogP contribution in [0, 0.1) is 0 Å². The first-order valence-corrected chi connectivity index (χ1v) is 9.37. The van der Waals surface area contributed by atoms with Crippen LogP contribution >= 0.6 is 11.3 Å². The molecule has 0 saturated heterocycles. The van der Waals surface area contributed by atoms with Gasteiger partial charge in [0.2, 0.25) is 0 Å². The molecule has 1 aliphatic heterocycles. The lowest BCUT2D eigenvalue weighted by molar-refractivity contribution is -0.359. The largest absolute Gasteiger partial charge is 0.505 e. The number of carboxylic acid groups (broad SMARTS) is 1. The number of hydrogen-bond donors (Lipinski definition) is 2. The van der Waals surface area contributed by atoms with Crippen molar-refractivity contribution in [2.45, 2.75) is 38.1 Å². The Kier molecular flexibility index (Phi) is 5.59. The average molecular weight is 469 g/mol. The molecule has 1 atom stereocenters. The maximum atomic E-state index is 14.0. The molecule has 0 aromatic carbocycles. The number of rotatable bonds is 5. The number of carbonyl (C=O) groups is 2. The van der Waals surface area contributed by atoms with Crippen LogP contribution in [0.2, 0.25) is 0 Å². The number of thiophene rings is 1. The number of ether oxygens (including phenoxy) is 1. The van der Waals surface area contributed by atoms with Crippen molar-refractivity contribution >= 4 is 23.2 Å². The van der Waals surface area contributed by atoms with E-state index in [1.807, 2.05) is 0 Å². The second kappa shape index (κ2) is 7.62. The van der Waals surface area contributed by atoms with Crippen molar-refractivity contribution in [1.82, 2.24) is 4.90 Å². The molecule has 0 spiro atoms. The van der Waals surface area contributed by atoms with E-state index in [-0.39, 0.29) is 22.4 Å². The number of alkyl halides is 5. The fourth-order valence-corrected chi connectivity index (χ4v) is 4.05. The number of halogens is 6. The van der Waals surface area contributed by atoms with Gasteiger partial charge in [0, 0.05) is 23.6 Å². The van der Waals surface area contributed by atoms with Crippen molar-refractivity contribution in [1.29, 1.82) is 0 Å². The number of carboxylic acids is 1. The first kappa shape index (κ1) is 22.7. The summed E-state index contributed by atoms with van der Waals surface area (Å²) in [6.07, 6.45) is -11.4. The summed E-state index contributed by atoms with van der Waals surface area (Å²) in [6, 6.07) is -0.330. The van der Waals surface area contributed by atoms with Crippen LogP contribution in [0.1, 0.15) is 30.1 Å². The maximum absolute atomic E-state index is 14.0. The molecule has 1 amide bonds. The third-order valence-electron chi connectivity index (χ3n) is 4.69. The van der Waals surface area contributed by atoms with Gasteiger partial charge in [-0.1, -0.05) is 0 Å². The topological polar surface area (TPSA) is 87.1 Å². The van der Waals surface area contributed by atoms with Gasteiger partial charge in [0.1, 0.15) is 11.6 Å². The number of hydrogen-bond acceptors (Lipinski definition) is 5. The van der Waals surface area contributed by atoms with E-state index in [0.717, 1.165) is 16.4 Å². The molecule has 2 heterocycles. The molecule has 0 bridgehead atoms. The number of fused-ring (bicyclic) bond motifs is 1. The summed E-state index contributed by atoms with van der Waals surface area (Å²) < 4.78 is 80.8. The zero-order valence-corrected chi connectivity index (χ0v) is 16.3. The number of allylic oxidation sites excluding steroid dienone is 2. The summed E-state index contributed by atoms with van der Waals surface area (Å²) in [6.45, 7) is 1.38. The lowest BCUT2D eigenvalue weighted by Crippen LogP contribution is -2.41. The first-order valence-electron chi connectivity index (χ1n) is 8.49. The zero-order chi connectivity index (χ0) is 23.3. The molecule has 0 saturated carbocycles. The van der Waals surface area contributed by atoms with Gasteiger partial charge in [0.25, 0.3) is 5.91 Å². The van der Waals surface area contributed by atoms with Crippen molar-refractivity contribution < 1.29 is 50.9 Å². The number of carbonyl (C=O) groups excluding carboxylic acids is 1. The number of aliphatic hydroxyl groups excluding tert-OH is 1. The van der Waals surface area contributed by atoms with E-state index in [1.165, 1.54) is 6.92 Å². The molecule has 2 aliphatic rings. The van der Waals surface area contributed by atoms with E-state index < -0.39 is 59.7 Å². The predicted octanol–water partition coefficient (Wildman–Crippen LogP) is 4.92. The Balaban J connectivity index is 1.93. The summed E-state index contributed by atoms with van der Waals surface area (Å²) in [4.78, 5) is 25.2. The molecule has 0 radical (unpaired) electrons. The molecule has 1 aromatic heterocycles. The third-order valence-corrected chi connectivity index (χ3v) is 5.49. The first-order chi connectivity index (χ1) is 14.2. The molecule has 1 aromatic rings. The minimum Gasteiger partial charge on any atom is -0.505 e. The Labute approximate surface area is 174 Å². The Morgan fingerprint density at radius 2 is 1.94 bits per heavy atom. The highest BCUT2D eigenvalue weighted by Crippen LogP contribution is 2.44. The second-order valence-corrected chi connectivity index (χ2v) is 7.56. The number of aliphatic hydroxyl groups is 1. The van der Waals surface area contributed by atoms with Crippen LogP contribution in [0.15, 0.2) is 46.0 Å². The highest BCUT2D eigenvalue weighted by Gasteiger charge is 2.61. The quantitative estimate of drug-likeness (QED) is 0.598. The van der Waals surface area contributed by atoms with Gasteiger partial charge in [0.15, 0.2) is 5.06 Å². The molecule has 6 nitrogen and oxygen atoms in total. The minimum absolute atomic E-state index is 0.125. The number of amides is 1. The predicted molar refractivity (Wildman–Crippen MR) is 94.3 cm³/mol. The molecular formula is C18H13F6NO5S. The van der Waals surface area contributed by atoms with E-state index in [4.69, 9.17) is 5.11 Å². The van der Waals surface area contributed by atoms with Gasteiger partial charge < -0.3 is 19.8 Å². The van der Waals surface area contributed by atoms with E-state index in [2.05, 4.69) is 4.74 Å². The normalized spacial score (nSPS) is 19.5. The van der Waals surface area contributed by atoms with E-state index >= 15 is 0 Å². The molecule has 1 aliphatic carbocycles. The standard InChI is InChI=1S/C18H13F6NO5S/c1-7-9(4-14(27)28)10-3-13(26)11(19)5-12(10)25(7)16(29)8-2-15(31-6-8)30-18(23,24)17(20,21)22/h2-3,6,12,26H,4-5H2,1H3,(H,27,28). The molecule has 13 heteroatoms. The lowest BCUT2D eigenvalue weighted by Gasteiger charge is -2.28. The molecule has 3 rings (SSSR count). The van der Waals surface area contributed by atoms with Crippen molar-refractivity contribution in [3.05, 3.63) is 51.5 Å². The van der Waals surface area contributed by atoms with Gasteiger partial charge in [0.05, 0.1) is 18.0 Å². The molecule has 1 unspecified atom stereocenters. The SMILES string of the molecule is CC1=C(CC(=O)O)C2=CC(O)=C(F)CC2N1C(=O)c1csc(OC(F)(F)C(F)(F)F)c1. The Morgan fingerprint density at radius 3 is 2.52 bits per heavy atom. The molecule has 31 heavy (non-hydrogen) atoms. The Bertz CT molecular complexity index is 1040. The monoisotopic (exact) mass is 469 g/mol. The summed E-state index contributed by atoms with van der Waals surface area (Å²) in [5, 5.41) is 18.9. The zero-order valence-electron chi connectivity index (χ0n) is 15.5. The summed E-state index contributed by atoms with van der Waals surface area (Å²) in [5.41, 5.74) is 0.163. The minimum atomic E-state index is -5.96.